The maximum absolute atomic E-state index is 12.0. The fraction of sp³-hybridized carbons (Fsp3) is 0.250. The monoisotopic (exact) mass is 355 g/mol. The molecular formula is C20H21NO5. The number of hydrogen-bond donors (Lipinski definition) is 1. The topological polar surface area (TPSA) is 81.7 Å². The first kappa shape index (κ1) is 19.2. The molecule has 136 valence electrons. The van der Waals surface area contributed by atoms with Gasteiger partial charge in [-0.2, -0.15) is 0 Å². The third-order valence-corrected chi connectivity index (χ3v) is 3.83. The van der Waals surface area contributed by atoms with Crippen molar-refractivity contribution in [2.24, 2.45) is 0 Å². The van der Waals surface area contributed by atoms with Crippen molar-refractivity contribution in [2.75, 3.05) is 13.7 Å². The summed E-state index contributed by atoms with van der Waals surface area (Å²) in [4.78, 5) is 35.4. The van der Waals surface area contributed by atoms with Crippen molar-refractivity contribution >= 4 is 17.7 Å². The standard InChI is InChI=1S/C20H21NO5/c1-13(15-7-9-18(25-3)10-8-15)21-19(23)12-26-20(24)17-6-4-5-16(11-17)14(2)22/h4-11,13H,12H2,1-3H3,(H,21,23)/t13-/m1/s1. The fourth-order valence-electron chi connectivity index (χ4n) is 2.34. The number of carbonyl (C=O) groups excluding carboxylic acids is 3. The van der Waals surface area contributed by atoms with Gasteiger partial charge < -0.3 is 14.8 Å². The minimum atomic E-state index is -0.652. The number of methoxy groups -OCH3 is 1. The highest BCUT2D eigenvalue weighted by Gasteiger charge is 2.14. The largest absolute Gasteiger partial charge is 0.497 e. The zero-order chi connectivity index (χ0) is 19.1. The Balaban J connectivity index is 1.88. The van der Waals surface area contributed by atoms with Crippen LogP contribution in [0.2, 0.25) is 0 Å². The van der Waals surface area contributed by atoms with Crippen LogP contribution in [0.3, 0.4) is 0 Å². The first-order valence-electron chi connectivity index (χ1n) is 8.12. The van der Waals surface area contributed by atoms with Crippen LogP contribution in [-0.4, -0.2) is 31.4 Å². The van der Waals surface area contributed by atoms with Gasteiger partial charge in [0.15, 0.2) is 12.4 Å². The Labute approximate surface area is 152 Å². The second-order valence-corrected chi connectivity index (χ2v) is 5.78. The van der Waals surface area contributed by atoms with Gasteiger partial charge in [-0.1, -0.05) is 24.3 Å². The minimum Gasteiger partial charge on any atom is -0.497 e. The Bertz CT molecular complexity index is 798. The van der Waals surface area contributed by atoms with E-state index in [0.717, 1.165) is 11.3 Å². The summed E-state index contributed by atoms with van der Waals surface area (Å²) in [6.07, 6.45) is 0. The molecule has 6 nitrogen and oxygen atoms in total. The highest BCUT2D eigenvalue weighted by atomic mass is 16.5. The van der Waals surface area contributed by atoms with Gasteiger partial charge in [-0.15, -0.1) is 0 Å². The molecule has 0 aromatic heterocycles. The second kappa shape index (κ2) is 8.80. The highest BCUT2D eigenvalue weighted by molar-refractivity contribution is 5.98. The van der Waals surface area contributed by atoms with Gasteiger partial charge in [0.25, 0.3) is 5.91 Å². The van der Waals surface area contributed by atoms with Crippen LogP contribution < -0.4 is 10.1 Å². The summed E-state index contributed by atoms with van der Waals surface area (Å²) >= 11 is 0. The molecule has 1 amide bonds. The lowest BCUT2D eigenvalue weighted by Crippen LogP contribution is -2.31. The number of carbonyl (C=O) groups is 3. The lowest BCUT2D eigenvalue weighted by molar-refractivity contribution is -0.124. The molecule has 0 radical (unpaired) electrons. The minimum absolute atomic E-state index is 0.147. The number of benzene rings is 2. The Hall–Kier alpha value is -3.15. The van der Waals surface area contributed by atoms with Crippen molar-refractivity contribution in [1.29, 1.82) is 0 Å². The van der Waals surface area contributed by atoms with Crippen molar-refractivity contribution in [3.05, 3.63) is 65.2 Å². The third-order valence-electron chi connectivity index (χ3n) is 3.83. The molecule has 0 bridgehead atoms. The Morgan fingerprint density at radius 1 is 1.04 bits per heavy atom. The Morgan fingerprint density at radius 2 is 1.69 bits per heavy atom. The van der Waals surface area contributed by atoms with Crippen molar-refractivity contribution in [2.45, 2.75) is 19.9 Å². The zero-order valence-electron chi connectivity index (χ0n) is 14.9. The quantitative estimate of drug-likeness (QED) is 0.610. The van der Waals surface area contributed by atoms with Gasteiger partial charge in [-0.3, -0.25) is 9.59 Å². The van der Waals surface area contributed by atoms with Gasteiger partial charge in [-0.25, -0.2) is 4.79 Å². The number of ether oxygens (including phenoxy) is 2. The molecule has 0 unspecified atom stereocenters. The summed E-state index contributed by atoms with van der Waals surface area (Å²) in [5, 5.41) is 2.76. The molecule has 0 heterocycles. The maximum Gasteiger partial charge on any atom is 0.338 e. The SMILES string of the molecule is COc1ccc([C@@H](C)NC(=O)COC(=O)c2cccc(C(C)=O)c2)cc1. The number of ketones is 1. The molecule has 26 heavy (non-hydrogen) atoms. The van der Waals surface area contributed by atoms with Gasteiger partial charge in [0, 0.05) is 5.56 Å². The second-order valence-electron chi connectivity index (χ2n) is 5.78. The Kier molecular flexibility index (Phi) is 6.49. The van der Waals surface area contributed by atoms with Crippen molar-refractivity contribution < 1.29 is 23.9 Å². The van der Waals surface area contributed by atoms with E-state index in [2.05, 4.69) is 5.32 Å². The van der Waals surface area contributed by atoms with E-state index in [4.69, 9.17) is 9.47 Å². The predicted molar refractivity (Wildman–Crippen MR) is 96.3 cm³/mol. The fourth-order valence-corrected chi connectivity index (χ4v) is 2.34. The number of amides is 1. The molecule has 0 aliphatic carbocycles. The maximum atomic E-state index is 12.0. The summed E-state index contributed by atoms with van der Waals surface area (Å²) in [5.74, 6) is -0.482. The van der Waals surface area contributed by atoms with E-state index in [-0.39, 0.29) is 17.4 Å². The number of rotatable bonds is 7. The number of esters is 1. The van der Waals surface area contributed by atoms with Crippen LogP contribution in [0.25, 0.3) is 0 Å². The predicted octanol–water partition coefficient (Wildman–Crippen LogP) is 2.93. The molecule has 0 saturated heterocycles. The molecule has 0 aliphatic heterocycles. The van der Waals surface area contributed by atoms with Crippen LogP contribution in [0.4, 0.5) is 0 Å². The van der Waals surface area contributed by atoms with Crippen LogP contribution >= 0.6 is 0 Å². The van der Waals surface area contributed by atoms with Crippen LogP contribution in [0.15, 0.2) is 48.5 Å². The molecule has 2 rings (SSSR count). The smallest absolute Gasteiger partial charge is 0.338 e. The normalized spacial score (nSPS) is 11.3. The van der Waals surface area contributed by atoms with E-state index in [1.807, 2.05) is 19.1 Å². The van der Waals surface area contributed by atoms with Crippen molar-refractivity contribution in [1.82, 2.24) is 5.32 Å². The molecule has 1 N–H and O–H groups in total. The molecular weight excluding hydrogens is 334 g/mol. The highest BCUT2D eigenvalue weighted by Crippen LogP contribution is 2.17. The number of nitrogens with one attached hydrogen (secondary N) is 1. The van der Waals surface area contributed by atoms with Gasteiger partial charge in [0.1, 0.15) is 5.75 Å². The van der Waals surface area contributed by atoms with E-state index >= 15 is 0 Å². The van der Waals surface area contributed by atoms with E-state index in [0.29, 0.717) is 5.56 Å². The van der Waals surface area contributed by atoms with Gasteiger partial charge >= 0.3 is 5.97 Å². The lowest BCUT2D eigenvalue weighted by atomic mass is 10.1. The zero-order valence-corrected chi connectivity index (χ0v) is 14.9. The van der Waals surface area contributed by atoms with Crippen LogP contribution in [0.5, 0.6) is 5.75 Å². The summed E-state index contributed by atoms with van der Waals surface area (Å²) in [6.45, 7) is 2.85. The van der Waals surface area contributed by atoms with E-state index in [9.17, 15) is 14.4 Å². The summed E-state index contributed by atoms with van der Waals surface area (Å²) in [7, 11) is 1.58. The molecule has 6 heteroatoms. The Morgan fingerprint density at radius 3 is 2.31 bits per heavy atom. The van der Waals surface area contributed by atoms with Gasteiger partial charge in [0.2, 0.25) is 0 Å². The average Bonchev–Trinajstić information content (AvgIpc) is 2.66. The summed E-state index contributed by atoms with van der Waals surface area (Å²) in [5.41, 5.74) is 1.55. The molecule has 0 spiro atoms. The molecule has 2 aromatic rings. The van der Waals surface area contributed by atoms with Crippen LogP contribution in [-0.2, 0) is 9.53 Å². The van der Waals surface area contributed by atoms with Crippen LogP contribution in [0, 0.1) is 0 Å². The van der Waals surface area contributed by atoms with Gasteiger partial charge in [0.05, 0.1) is 18.7 Å². The first-order valence-corrected chi connectivity index (χ1v) is 8.12. The molecule has 1 atom stereocenters. The third kappa shape index (κ3) is 5.17. The van der Waals surface area contributed by atoms with Crippen LogP contribution in [0.1, 0.15) is 46.2 Å². The molecule has 0 saturated carbocycles. The molecule has 0 fully saturated rings. The molecule has 2 aromatic carbocycles. The lowest BCUT2D eigenvalue weighted by Gasteiger charge is -2.15. The average molecular weight is 355 g/mol. The summed E-state index contributed by atoms with van der Waals surface area (Å²) in [6, 6.07) is 13.3. The van der Waals surface area contributed by atoms with E-state index in [1.54, 1.807) is 31.4 Å². The molecule has 0 aliphatic rings. The number of Topliss-reactive ketones (excluding diaryl/α,β-unsaturated/α-hetero) is 1. The summed E-state index contributed by atoms with van der Waals surface area (Å²) < 4.78 is 10.1. The van der Waals surface area contributed by atoms with Crippen molar-refractivity contribution in [3.8, 4) is 5.75 Å². The van der Waals surface area contributed by atoms with E-state index < -0.39 is 18.5 Å². The number of hydrogen-bond acceptors (Lipinski definition) is 5. The first-order chi connectivity index (χ1) is 12.4. The van der Waals surface area contributed by atoms with Gasteiger partial charge in [-0.05, 0) is 43.7 Å². The van der Waals surface area contributed by atoms with Crippen molar-refractivity contribution in [3.63, 3.8) is 0 Å². The van der Waals surface area contributed by atoms with E-state index in [1.165, 1.54) is 19.1 Å².